The number of carbonyl (C=O) groups excluding carboxylic acids is 1. The lowest BCUT2D eigenvalue weighted by Crippen LogP contribution is -2.27. The minimum atomic E-state index is -2.39. The van der Waals surface area contributed by atoms with Crippen LogP contribution < -0.4 is 10.1 Å². The second-order valence-electron chi connectivity index (χ2n) is 7.44. The molecule has 1 atom stereocenters. The van der Waals surface area contributed by atoms with Crippen LogP contribution in [0.1, 0.15) is 31.9 Å². The first-order chi connectivity index (χ1) is 13.4. The number of benzene rings is 2. The van der Waals surface area contributed by atoms with Crippen LogP contribution in [0, 0.1) is 5.41 Å². The largest absolute Gasteiger partial charge is 0.772 e. The van der Waals surface area contributed by atoms with Gasteiger partial charge in [-0.15, -0.1) is 0 Å². The Hall–Kier alpha value is -2.42. The number of anilines is 1. The van der Waals surface area contributed by atoms with Crippen LogP contribution in [0.3, 0.4) is 0 Å². The second-order valence-corrected chi connectivity index (χ2v) is 8.78. The number of aliphatic carboxylic acids is 1. The van der Waals surface area contributed by atoms with E-state index in [0.717, 1.165) is 0 Å². The van der Waals surface area contributed by atoms with Crippen molar-refractivity contribution in [3.05, 3.63) is 52.5 Å². The minimum absolute atomic E-state index is 0.214. The molecule has 9 heteroatoms. The van der Waals surface area contributed by atoms with E-state index in [9.17, 15) is 18.4 Å². The highest BCUT2D eigenvalue weighted by atomic mass is 35.5. The molecule has 0 aliphatic heterocycles. The number of carboxylic acids is 1. The molecular weight excluding hydrogens is 418 g/mol. The van der Waals surface area contributed by atoms with Crippen LogP contribution in [0.5, 0.6) is 11.5 Å². The van der Waals surface area contributed by atoms with Crippen molar-refractivity contribution in [2.75, 3.05) is 5.32 Å². The van der Waals surface area contributed by atoms with Crippen molar-refractivity contribution in [1.29, 1.82) is 0 Å². The van der Waals surface area contributed by atoms with Gasteiger partial charge in [-0.25, -0.2) is 0 Å². The lowest BCUT2D eigenvalue weighted by molar-refractivity contribution is -0.136. The highest BCUT2D eigenvalue weighted by Crippen LogP contribution is 2.31. The van der Waals surface area contributed by atoms with Crippen LogP contribution >= 0.6 is 11.6 Å². The first-order valence-corrected chi connectivity index (χ1v) is 10.3. The number of carbonyl (C=O) groups is 2. The highest BCUT2D eigenvalue weighted by molar-refractivity contribution is 7.78. The van der Waals surface area contributed by atoms with Gasteiger partial charge in [0.15, 0.2) is 0 Å². The first-order valence-electron chi connectivity index (χ1n) is 8.63. The van der Waals surface area contributed by atoms with Crippen molar-refractivity contribution in [1.82, 2.24) is 0 Å². The fourth-order valence-electron chi connectivity index (χ4n) is 2.40. The molecule has 7 nitrogen and oxygen atoms in total. The molecule has 0 aliphatic carbocycles. The summed E-state index contributed by atoms with van der Waals surface area (Å²) in [4.78, 5) is 23.1. The number of hydrogen-bond donors (Lipinski definition) is 2. The summed E-state index contributed by atoms with van der Waals surface area (Å²) in [6.45, 7) is 5.30. The molecule has 2 aromatic carbocycles. The summed E-state index contributed by atoms with van der Waals surface area (Å²) in [5.41, 5.74) is 0.612. The zero-order chi connectivity index (χ0) is 21.8. The van der Waals surface area contributed by atoms with Gasteiger partial charge >= 0.3 is 5.97 Å². The predicted molar refractivity (Wildman–Crippen MR) is 110 cm³/mol. The fraction of sp³-hybridized carbons (Fsp3) is 0.300. The summed E-state index contributed by atoms with van der Waals surface area (Å²) in [7, 11) is 0. The standard InChI is InChI=1S/C20H22ClNO6S/c1-20(2,3)19(25)22-15-4-5-17(13(9-15)11-29(26)27)28-16-7-12(8-18(23)24)6-14(21)10-16/h4-7,9-10H,8,11H2,1-3H3,(H,22,25)(H,23,24)(H,26,27)/p-1. The summed E-state index contributed by atoms with van der Waals surface area (Å²) in [5, 5.41) is 12.0. The Morgan fingerprint density at radius 2 is 1.90 bits per heavy atom. The second kappa shape index (κ2) is 9.39. The van der Waals surface area contributed by atoms with Gasteiger partial charge in [-0.3, -0.25) is 13.8 Å². The number of rotatable bonds is 7. The summed E-state index contributed by atoms with van der Waals surface area (Å²) < 4.78 is 28.3. The maximum Gasteiger partial charge on any atom is 0.307 e. The van der Waals surface area contributed by atoms with E-state index in [1.54, 1.807) is 26.8 Å². The van der Waals surface area contributed by atoms with Crippen molar-refractivity contribution >= 4 is 40.2 Å². The summed E-state index contributed by atoms with van der Waals surface area (Å²) in [5.74, 6) is -1.02. The molecule has 156 valence electrons. The van der Waals surface area contributed by atoms with Gasteiger partial charge in [-0.2, -0.15) is 0 Å². The molecule has 29 heavy (non-hydrogen) atoms. The van der Waals surface area contributed by atoms with Crippen LogP contribution in [0.2, 0.25) is 5.02 Å². The number of amides is 1. The molecule has 0 saturated carbocycles. The number of hydrogen-bond acceptors (Lipinski definition) is 5. The molecule has 0 spiro atoms. The zero-order valence-electron chi connectivity index (χ0n) is 16.2. The monoisotopic (exact) mass is 438 g/mol. The van der Waals surface area contributed by atoms with Gasteiger partial charge in [-0.05, 0) is 42.0 Å². The smallest absolute Gasteiger partial charge is 0.307 e. The predicted octanol–water partition coefficient (Wildman–Crippen LogP) is 4.12. The molecule has 2 aromatic rings. The van der Waals surface area contributed by atoms with E-state index in [1.165, 1.54) is 30.3 Å². The number of ether oxygens (including phenoxy) is 1. The molecule has 0 aliphatic rings. The van der Waals surface area contributed by atoms with E-state index < -0.39 is 22.5 Å². The molecule has 0 saturated heterocycles. The third-order valence-corrected chi connectivity index (χ3v) is 4.55. The Kier molecular flexibility index (Phi) is 7.40. The molecule has 0 heterocycles. The molecule has 1 amide bonds. The Bertz CT molecular complexity index is 954. The van der Waals surface area contributed by atoms with Crippen LogP contribution in [0.25, 0.3) is 0 Å². The van der Waals surface area contributed by atoms with E-state index in [0.29, 0.717) is 21.8 Å². The molecule has 1 unspecified atom stereocenters. The quantitative estimate of drug-likeness (QED) is 0.628. The van der Waals surface area contributed by atoms with Crippen LogP contribution in [0.4, 0.5) is 5.69 Å². The molecule has 0 aromatic heterocycles. The van der Waals surface area contributed by atoms with Crippen molar-refractivity contribution in [2.45, 2.75) is 32.9 Å². The van der Waals surface area contributed by atoms with Crippen LogP contribution in [0.15, 0.2) is 36.4 Å². The lowest BCUT2D eigenvalue weighted by atomic mass is 9.95. The molecule has 0 bridgehead atoms. The van der Waals surface area contributed by atoms with E-state index in [4.69, 9.17) is 21.4 Å². The van der Waals surface area contributed by atoms with Crippen LogP contribution in [-0.4, -0.2) is 25.7 Å². The van der Waals surface area contributed by atoms with E-state index in [1.807, 2.05) is 0 Å². The maximum absolute atomic E-state index is 12.2. The topological polar surface area (TPSA) is 116 Å². The fourth-order valence-corrected chi connectivity index (χ4v) is 3.13. The van der Waals surface area contributed by atoms with Gasteiger partial charge in [0.2, 0.25) is 5.91 Å². The lowest BCUT2D eigenvalue weighted by Gasteiger charge is -2.19. The van der Waals surface area contributed by atoms with Gasteiger partial charge in [0.05, 0.1) is 6.42 Å². The minimum Gasteiger partial charge on any atom is -0.772 e. The van der Waals surface area contributed by atoms with Crippen molar-refractivity contribution in [3.8, 4) is 11.5 Å². The van der Waals surface area contributed by atoms with Gasteiger partial charge < -0.3 is 19.7 Å². The van der Waals surface area contributed by atoms with Crippen molar-refractivity contribution < 1.29 is 28.2 Å². The number of carboxylic acid groups (broad SMARTS) is 1. The van der Waals surface area contributed by atoms with E-state index >= 15 is 0 Å². The maximum atomic E-state index is 12.2. The molecule has 2 N–H and O–H groups in total. The average Bonchev–Trinajstić information content (AvgIpc) is 2.54. The normalized spacial score (nSPS) is 12.3. The van der Waals surface area contributed by atoms with Gasteiger partial charge in [0.1, 0.15) is 11.5 Å². The Morgan fingerprint density at radius 1 is 1.21 bits per heavy atom. The first kappa shape index (κ1) is 22.9. The SMILES string of the molecule is CC(C)(C)C(=O)Nc1ccc(Oc2cc(Cl)cc(CC(=O)O)c2)c(CS(=O)[O-])c1. The molecule has 0 radical (unpaired) electrons. The Balaban J connectivity index is 2.34. The summed E-state index contributed by atoms with van der Waals surface area (Å²) in [6, 6.07) is 9.20. The zero-order valence-corrected chi connectivity index (χ0v) is 17.7. The van der Waals surface area contributed by atoms with Crippen molar-refractivity contribution in [2.24, 2.45) is 5.41 Å². The van der Waals surface area contributed by atoms with Crippen LogP contribution in [-0.2, 0) is 32.8 Å². The van der Waals surface area contributed by atoms with Gasteiger partial charge in [0, 0.05) is 27.4 Å². The average molecular weight is 439 g/mol. The molecule has 0 fully saturated rings. The van der Waals surface area contributed by atoms with Gasteiger partial charge in [-0.1, -0.05) is 43.5 Å². The third-order valence-electron chi connectivity index (χ3n) is 3.79. The van der Waals surface area contributed by atoms with Gasteiger partial charge in [0.25, 0.3) is 0 Å². The van der Waals surface area contributed by atoms with Crippen molar-refractivity contribution in [3.63, 3.8) is 0 Å². The highest BCUT2D eigenvalue weighted by Gasteiger charge is 2.21. The van der Waals surface area contributed by atoms with E-state index in [-0.39, 0.29) is 29.6 Å². The number of nitrogens with one attached hydrogen (secondary N) is 1. The molecular formula is C20H21ClNO6S-. The Labute approximate surface area is 176 Å². The number of halogens is 1. The third kappa shape index (κ3) is 7.16. The van der Waals surface area contributed by atoms with E-state index in [2.05, 4.69) is 5.32 Å². The summed E-state index contributed by atoms with van der Waals surface area (Å²) >= 11 is 3.64. The summed E-state index contributed by atoms with van der Waals surface area (Å²) in [6.07, 6.45) is -0.230. The Morgan fingerprint density at radius 3 is 2.48 bits per heavy atom. The molecule has 2 rings (SSSR count).